The van der Waals surface area contributed by atoms with E-state index >= 15 is 0 Å². The van der Waals surface area contributed by atoms with Crippen molar-refractivity contribution in [2.45, 2.75) is 13.3 Å². The monoisotopic (exact) mass is 188 g/mol. The predicted molar refractivity (Wildman–Crippen MR) is 44.0 cm³/mol. The molecule has 0 heterocycles. The third-order valence-electron chi connectivity index (χ3n) is 1.46. The number of carboxylic acid groups (broad SMARTS) is 1. The average Bonchev–Trinajstić information content (AvgIpc) is 2.12. The SMILES string of the molecule is CC/C(C(=O)O)=C(\OC)C(=O)OC. The van der Waals surface area contributed by atoms with E-state index in [0.717, 1.165) is 7.11 Å². The minimum atomic E-state index is -1.18. The van der Waals surface area contributed by atoms with E-state index in [1.807, 2.05) is 0 Å². The van der Waals surface area contributed by atoms with Gasteiger partial charge in [-0.25, -0.2) is 9.59 Å². The number of esters is 1. The lowest BCUT2D eigenvalue weighted by molar-refractivity contribution is -0.141. The third kappa shape index (κ3) is 2.77. The van der Waals surface area contributed by atoms with Gasteiger partial charge in [-0.3, -0.25) is 0 Å². The Morgan fingerprint density at radius 1 is 1.23 bits per heavy atom. The van der Waals surface area contributed by atoms with Crippen molar-refractivity contribution in [3.8, 4) is 0 Å². The summed E-state index contributed by atoms with van der Waals surface area (Å²) in [6.45, 7) is 1.62. The van der Waals surface area contributed by atoms with Crippen LogP contribution in [0.15, 0.2) is 11.3 Å². The van der Waals surface area contributed by atoms with Crippen molar-refractivity contribution < 1.29 is 24.2 Å². The van der Waals surface area contributed by atoms with Crippen molar-refractivity contribution in [2.75, 3.05) is 14.2 Å². The smallest absolute Gasteiger partial charge is 0.373 e. The van der Waals surface area contributed by atoms with Gasteiger partial charge in [-0.2, -0.15) is 0 Å². The van der Waals surface area contributed by atoms with Crippen LogP contribution < -0.4 is 0 Å². The molecule has 0 fully saturated rings. The van der Waals surface area contributed by atoms with E-state index in [1.165, 1.54) is 7.11 Å². The minimum absolute atomic E-state index is 0.0886. The van der Waals surface area contributed by atoms with Crippen LogP contribution in [0.25, 0.3) is 0 Å². The van der Waals surface area contributed by atoms with E-state index in [1.54, 1.807) is 6.92 Å². The zero-order chi connectivity index (χ0) is 10.4. The number of ether oxygens (including phenoxy) is 2. The molecular weight excluding hydrogens is 176 g/mol. The molecule has 0 aliphatic carbocycles. The molecule has 0 rings (SSSR count). The highest BCUT2D eigenvalue weighted by atomic mass is 16.6. The number of rotatable bonds is 4. The van der Waals surface area contributed by atoms with E-state index in [9.17, 15) is 9.59 Å². The van der Waals surface area contributed by atoms with E-state index < -0.39 is 11.9 Å². The average molecular weight is 188 g/mol. The summed E-state index contributed by atoms with van der Waals surface area (Å²) in [5.41, 5.74) is -0.0886. The Bertz CT molecular complexity index is 241. The van der Waals surface area contributed by atoms with Gasteiger partial charge in [0.05, 0.1) is 19.8 Å². The molecule has 0 aliphatic rings. The van der Waals surface area contributed by atoms with E-state index in [-0.39, 0.29) is 17.8 Å². The maximum atomic E-state index is 11.0. The summed E-state index contributed by atoms with van der Waals surface area (Å²) in [4.78, 5) is 21.6. The van der Waals surface area contributed by atoms with Gasteiger partial charge in [0.25, 0.3) is 0 Å². The fourth-order valence-corrected chi connectivity index (χ4v) is 0.831. The highest BCUT2D eigenvalue weighted by Crippen LogP contribution is 2.11. The molecule has 0 aromatic heterocycles. The molecule has 1 N–H and O–H groups in total. The maximum absolute atomic E-state index is 11.0. The quantitative estimate of drug-likeness (QED) is 0.396. The maximum Gasteiger partial charge on any atom is 0.373 e. The fraction of sp³-hybridized carbons (Fsp3) is 0.500. The molecule has 0 radical (unpaired) electrons. The van der Waals surface area contributed by atoms with Crippen LogP contribution in [0.1, 0.15) is 13.3 Å². The van der Waals surface area contributed by atoms with Crippen molar-refractivity contribution in [1.82, 2.24) is 0 Å². The lowest BCUT2D eigenvalue weighted by Gasteiger charge is -2.06. The molecule has 74 valence electrons. The molecular formula is C8H12O5. The largest absolute Gasteiger partial charge is 0.489 e. The summed E-state index contributed by atoms with van der Waals surface area (Å²) in [6, 6.07) is 0. The van der Waals surface area contributed by atoms with Gasteiger partial charge in [-0.05, 0) is 6.42 Å². The summed E-state index contributed by atoms with van der Waals surface area (Å²) in [5, 5.41) is 8.67. The van der Waals surface area contributed by atoms with Crippen LogP contribution in [0.4, 0.5) is 0 Å². The van der Waals surface area contributed by atoms with Gasteiger partial charge < -0.3 is 14.6 Å². The number of aliphatic carboxylic acids is 1. The number of carboxylic acids is 1. The van der Waals surface area contributed by atoms with E-state index in [4.69, 9.17) is 5.11 Å². The van der Waals surface area contributed by atoms with Gasteiger partial charge >= 0.3 is 11.9 Å². The number of hydrogen-bond acceptors (Lipinski definition) is 4. The molecule has 0 atom stereocenters. The first-order chi connectivity index (χ1) is 6.08. The van der Waals surface area contributed by atoms with Crippen molar-refractivity contribution in [1.29, 1.82) is 0 Å². The second-order valence-electron chi connectivity index (χ2n) is 2.16. The molecule has 0 aromatic carbocycles. The number of carbonyl (C=O) groups is 2. The van der Waals surface area contributed by atoms with Gasteiger partial charge in [0, 0.05) is 0 Å². The lowest BCUT2D eigenvalue weighted by atomic mass is 10.2. The Balaban J connectivity index is 5.05. The topological polar surface area (TPSA) is 72.8 Å². The highest BCUT2D eigenvalue weighted by Gasteiger charge is 2.20. The number of hydrogen-bond donors (Lipinski definition) is 1. The fourth-order valence-electron chi connectivity index (χ4n) is 0.831. The standard InChI is InChI=1S/C8H12O5/c1-4-5(7(9)10)6(12-2)8(11)13-3/h4H2,1-3H3,(H,9,10)/b6-5+. The molecule has 0 spiro atoms. The zero-order valence-corrected chi connectivity index (χ0v) is 7.79. The van der Waals surface area contributed by atoms with E-state index in [2.05, 4.69) is 9.47 Å². The first kappa shape index (κ1) is 11.5. The number of carbonyl (C=O) groups excluding carboxylic acids is 1. The van der Waals surface area contributed by atoms with Crippen LogP contribution in [-0.2, 0) is 19.1 Å². The molecule has 0 unspecified atom stereocenters. The van der Waals surface area contributed by atoms with Gasteiger partial charge in [0.1, 0.15) is 0 Å². The molecule has 0 saturated heterocycles. The number of methoxy groups -OCH3 is 2. The Morgan fingerprint density at radius 3 is 2.00 bits per heavy atom. The summed E-state index contributed by atoms with van der Waals surface area (Å²) >= 11 is 0. The van der Waals surface area contributed by atoms with Crippen LogP contribution in [0.5, 0.6) is 0 Å². The molecule has 0 amide bonds. The first-order valence-electron chi connectivity index (χ1n) is 3.67. The first-order valence-corrected chi connectivity index (χ1v) is 3.67. The molecule has 0 bridgehead atoms. The lowest BCUT2D eigenvalue weighted by Crippen LogP contribution is -2.14. The molecule has 0 aromatic rings. The molecule has 13 heavy (non-hydrogen) atoms. The third-order valence-corrected chi connectivity index (χ3v) is 1.46. The van der Waals surface area contributed by atoms with Gasteiger partial charge in [0.15, 0.2) is 0 Å². The van der Waals surface area contributed by atoms with Crippen LogP contribution in [0.3, 0.4) is 0 Å². The predicted octanol–water partition coefficient (Wildman–Crippen LogP) is 0.554. The van der Waals surface area contributed by atoms with Crippen LogP contribution in [0, 0.1) is 0 Å². The summed E-state index contributed by atoms with van der Waals surface area (Å²) in [6.07, 6.45) is 0.202. The van der Waals surface area contributed by atoms with Crippen LogP contribution in [0.2, 0.25) is 0 Å². The molecule has 0 saturated carbocycles. The van der Waals surface area contributed by atoms with Gasteiger partial charge in [0.2, 0.25) is 5.76 Å². The molecule has 0 aliphatic heterocycles. The molecule has 5 heteroatoms. The van der Waals surface area contributed by atoms with E-state index in [0.29, 0.717) is 0 Å². The van der Waals surface area contributed by atoms with Gasteiger partial charge in [-0.15, -0.1) is 0 Å². The van der Waals surface area contributed by atoms with Crippen molar-refractivity contribution in [3.63, 3.8) is 0 Å². The Morgan fingerprint density at radius 2 is 1.77 bits per heavy atom. The normalized spacial score (nSPS) is 11.6. The van der Waals surface area contributed by atoms with Crippen LogP contribution >= 0.6 is 0 Å². The van der Waals surface area contributed by atoms with Crippen molar-refractivity contribution in [2.24, 2.45) is 0 Å². The second-order valence-corrected chi connectivity index (χ2v) is 2.16. The van der Waals surface area contributed by atoms with Crippen molar-refractivity contribution in [3.05, 3.63) is 11.3 Å². The highest BCUT2D eigenvalue weighted by molar-refractivity contribution is 5.98. The minimum Gasteiger partial charge on any atom is -0.489 e. The van der Waals surface area contributed by atoms with Crippen LogP contribution in [-0.4, -0.2) is 31.3 Å². The Kier molecular flexibility index (Phi) is 4.58. The summed E-state index contributed by atoms with van der Waals surface area (Å²) < 4.78 is 8.99. The molecule has 5 nitrogen and oxygen atoms in total. The Hall–Kier alpha value is -1.52. The van der Waals surface area contributed by atoms with Crippen molar-refractivity contribution >= 4 is 11.9 Å². The summed E-state index contributed by atoms with van der Waals surface area (Å²) in [5.74, 6) is -2.20. The second kappa shape index (κ2) is 5.18. The zero-order valence-electron chi connectivity index (χ0n) is 7.79. The Labute approximate surface area is 75.9 Å². The summed E-state index contributed by atoms with van der Waals surface area (Å²) in [7, 11) is 2.39. The van der Waals surface area contributed by atoms with Gasteiger partial charge in [-0.1, -0.05) is 6.92 Å².